The highest BCUT2D eigenvalue weighted by Crippen LogP contribution is 2.17. The minimum atomic E-state index is 0.0719. The van der Waals surface area contributed by atoms with Crippen LogP contribution in [0.25, 0.3) is 0 Å². The van der Waals surface area contributed by atoms with Gasteiger partial charge in [0.1, 0.15) is 5.75 Å². The summed E-state index contributed by atoms with van der Waals surface area (Å²) in [4.78, 5) is 13.9. The largest absolute Gasteiger partial charge is 0.508 e. The highest BCUT2D eigenvalue weighted by Gasteiger charge is 2.14. The van der Waals surface area contributed by atoms with Crippen LogP contribution in [0.3, 0.4) is 0 Å². The Morgan fingerprint density at radius 1 is 1.35 bits per heavy atom. The van der Waals surface area contributed by atoms with Gasteiger partial charge in [0.05, 0.1) is 6.42 Å². The average molecular weight is 235 g/mol. The third-order valence-electron chi connectivity index (χ3n) is 2.65. The van der Waals surface area contributed by atoms with E-state index in [-0.39, 0.29) is 18.1 Å². The number of likely N-dealkylation sites (N-methyl/N-ethyl adjacent to an activating group) is 1. The van der Waals surface area contributed by atoms with Crippen molar-refractivity contribution in [1.29, 1.82) is 0 Å². The van der Waals surface area contributed by atoms with E-state index in [0.29, 0.717) is 18.0 Å². The van der Waals surface area contributed by atoms with Crippen LogP contribution in [-0.4, -0.2) is 29.0 Å². The number of nitrogens with zero attached hydrogens (tertiary/aromatic N) is 1. The Morgan fingerprint density at radius 3 is 2.53 bits per heavy atom. The van der Waals surface area contributed by atoms with Crippen molar-refractivity contribution < 1.29 is 9.90 Å². The number of phenols is 1. The Morgan fingerprint density at radius 2 is 2.00 bits per heavy atom. The van der Waals surface area contributed by atoms with Gasteiger partial charge in [-0.15, -0.1) is 0 Å². The van der Waals surface area contributed by atoms with Crippen molar-refractivity contribution in [2.45, 2.75) is 27.2 Å². The second kappa shape index (κ2) is 6.28. The molecule has 17 heavy (non-hydrogen) atoms. The van der Waals surface area contributed by atoms with Gasteiger partial charge in [-0.25, -0.2) is 0 Å². The summed E-state index contributed by atoms with van der Waals surface area (Å²) >= 11 is 0. The van der Waals surface area contributed by atoms with Crippen LogP contribution in [0.15, 0.2) is 24.3 Å². The first kappa shape index (κ1) is 13.6. The number of amides is 1. The maximum Gasteiger partial charge on any atom is 0.227 e. The SMILES string of the molecule is CCN(CC(C)C)C(=O)Cc1ccccc1O. The molecule has 0 radical (unpaired) electrons. The number of aromatic hydroxyl groups is 1. The van der Waals surface area contributed by atoms with Crippen molar-refractivity contribution in [2.24, 2.45) is 5.92 Å². The van der Waals surface area contributed by atoms with E-state index >= 15 is 0 Å². The van der Waals surface area contributed by atoms with E-state index in [4.69, 9.17) is 0 Å². The average Bonchev–Trinajstić information content (AvgIpc) is 2.28. The summed E-state index contributed by atoms with van der Waals surface area (Å²) in [6.45, 7) is 7.64. The van der Waals surface area contributed by atoms with Gasteiger partial charge in [0, 0.05) is 18.7 Å². The second-order valence-corrected chi connectivity index (χ2v) is 4.63. The molecule has 1 N–H and O–H groups in total. The standard InChI is InChI=1S/C14H21NO2/c1-4-15(10-11(2)3)14(17)9-12-7-5-6-8-13(12)16/h5-8,11,16H,4,9-10H2,1-3H3. The highest BCUT2D eigenvalue weighted by molar-refractivity contribution is 5.79. The Hall–Kier alpha value is -1.51. The molecule has 0 unspecified atom stereocenters. The lowest BCUT2D eigenvalue weighted by atomic mass is 10.1. The van der Waals surface area contributed by atoms with Crippen LogP contribution in [0.4, 0.5) is 0 Å². The molecule has 1 amide bonds. The zero-order valence-corrected chi connectivity index (χ0v) is 10.8. The van der Waals surface area contributed by atoms with E-state index < -0.39 is 0 Å². The van der Waals surface area contributed by atoms with Crippen molar-refractivity contribution in [3.63, 3.8) is 0 Å². The Balaban J connectivity index is 2.67. The first-order valence-electron chi connectivity index (χ1n) is 6.09. The van der Waals surface area contributed by atoms with E-state index in [0.717, 1.165) is 6.54 Å². The molecule has 3 heteroatoms. The number of carbonyl (C=O) groups excluding carboxylic acids is 1. The first-order chi connectivity index (χ1) is 8.04. The molecule has 1 aromatic carbocycles. The van der Waals surface area contributed by atoms with Crippen LogP contribution in [0.2, 0.25) is 0 Å². The summed E-state index contributed by atoms with van der Waals surface area (Å²) < 4.78 is 0. The molecule has 94 valence electrons. The summed E-state index contributed by atoms with van der Waals surface area (Å²) in [5.74, 6) is 0.729. The van der Waals surface area contributed by atoms with E-state index in [1.165, 1.54) is 0 Å². The summed E-state index contributed by atoms with van der Waals surface area (Å²) in [5.41, 5.74) is 0.694. The molecule has 1 aromatic rings. The van der Waals surface area contributed by atoms with Gasteiger partial charge in [-0.2, -0.15) is 0 Å². The predicted molar refractivity (Wildman–Crippen MR) is 68.9 cm³/mol. The molecule has 0 aromatic heterocycles. The summed E-state index contributed by atoms with van der Waals surface area (Å²) in [6, 6.07) is 6.99. The van der Waals surface area contributed by atoms with Crippen LogP contribution < -0.4 is 0 Å². The Kier molecular flexibility index (Phi) is 5.01. The molecule has 0 aliphatic heterocycles. The minimum Gasteiger partial charge on any atom is -0.508 e. The molecule has 0 fully saturated rings. The van der Waals surface area contributed by atoms with Crippen molar-refractivity contribution in [3.8, 4) is 5.75 Å². The molecular weight excluding hydrogens is 214 g/mol. The smallest absolute Gasteiger partial charge is 0.227 e. The van der Waals surface area contributed by atoms with Crippen LogP contribution >= 0.6 is 0 Å². The van der Waals surface area contributed by atoms with Crippen molar-refractivity contribution in [3.05, 3.63) is 29.8 Å². The minimum absolute atomic E-state index is 0.0719. The Labute approximate surface area is 103 Å². The van der Waals surface area contributed by atoms with Gasteiger partial charge in [0.25, 0.3) is 0 Å². The Bertz CT molecular complexity index is 374. The molecule has 3 nitrogen and oxygen atoms in total. The topological polar surface area (TPSA) is 40.5 Å². The number of carbonyl (C=O) groups is 1. The number of rotatable bonds is 5. The van der Waals surface area contributed by atoms with Crippen molar-refractivity contribution in [1.82, 2.24) is 4.90 Å². The fourth-order valence-corrected chi connectivity index (χ4v) is 1.78. The summed E-state index contributed by atoms with van der Waals surface area (Å²) in [7, 11) is 0. The zero-order chi connectivity index (χ0) is 12.8. The van der Waals surface area contributed by atoms with Crippen molar-refractivity contribution >= 4 is 5.91 Å². The van der Waals surface area contributed by atoms with E-state index in [9.17, 15) is 9.90 Å². The summed E-state index contributed by atoms with van der Waals surface area (Å²) in [6.07, 6.45) is 0.271. The summed E-state index contributed by atoms with van der Waals surface area (Å²) in [5, 5.41) is 9.63. The first-order valence-corrected chi connectivity index (χ1v) is 6.09. The third-order valence-corrected chi connectivity index (χ3v) is 2.65. The third kappa shape index (κ3) is 4.10. The molecule has 1 rings (SSSR count). The highest BCUT2D eigenvalue weighted by atomic mass is 16.3. The molecular formula is C14H21NO2. The molecule has 0 aliphatic rings. The zero-order valence-electron chi connectivity index (χ0n) is 10.8. The maximum atomic E-state index is 12.0. The van der Waals surface area contributed by atoms with Crippen molar-refractivity contribution in [2.75, 3.05) is 13.1 Å². The number of benzene rings is 1. The van der Waals surface area contributed by atoms with Gasteiger partial charge in [-0.05, 0) is 18.9 Å². The molecule has 0 atom stereocenters. The van der Waals surface area contributed by atoms with Gasteiger partial charge in [-0.3, -0.25) is 4.79 Å². The van der Waals surface area contributed by atoms with Gasteiger partial charge >= 0.3 is 0 Å². The number of para-hydroxylation sites is 1. The quantitative estimate of drug-likeness (QED) is 0.851. The maximum absolute atomic E-state index is 12.0. The molecule has 0 bridgehead atoms. The molecule has 0 aliphatic carbocycles. The van der Waals surface area contributed by atoms with Crippen LogP contribution in [0.1, 0.15) is 26.3 Å². The van der Waals surface area contributed by atoms with Gasteiger partial charge in [-0.1, -0.05) is 32.0 Å². The van der Waals surface area contributed by atoms with E-state index in [1.54, 1.807) is 18.2 Å². The lowest BCUT2D eigenvalue weighted by Crippen LogP contribution is -2.35. The molecule has 0 heterocycles. The lowest BCUT2D eigenvalue weighted by molar-refractivity contribution is -0.130. The van der Waals surface area contributed by atoms with E-state index in [1.807, 2.05) is 17.9 Å². The number of phenolic OH excluding ortho intramolecular Hbond substituents is 1. The second-order valence-electron chi connectivity index (χ2n) is 4.63. The van der Waals surface area contributed by atoms with Gasteiger partial charge in [0.2, 0.25) is 5.91 Å². The van der Waals surface area contributed by atoms with Crippen LogP contribution in [-0.2, 0) is 11.2 Å². The monoisotopic (exact) mass is 235 g/mol. The van der Waals surface area contributed by atoms with E-state index in [2.05, 4.69) is 13.8 Å². The molecule has 0 saturated carbocycles. The predicted octanol–water partition coefficient (Wildman–Crippen LogP) is 2.44. The fraction of sp³-hybridized carbons (Fsp3) is 0.500. The number of hydrogen-bond donors (Lipinski definition) is 1. The van der Waals surface area contributed by atoms with Crippen LogP contribution in [0, 0.1) is 5.92 Å². The molecule has 0 spiro atoms. The fourth-order valence-electron chi connectivity index (χ4n) is 1.78. The lowest BCUT2D eigenvalue weighted by Gasteiger charge is -2.23. The van der Waals surface area contributed by atoms with Gasteiger partial charge < -0.3 is 10.0 Å². The number of hydrogen-bond acceptors (Lipinski definition) is 2. The van der Waals surface area contributed by atoms with Gasteiger partial charge in [0.15, 0.2) is 0 Å². The molecule has 0 saturated heterocycles. The van der Waals surface area contributed by atoms with Crippen LogP contribution in [0.5, 0.6) is 5.75 Å². The normalized spacial score (nSPS) is 10.6.